The van der Waals surface area contributed by atoms with Gasteiger partial charge in [-0.2, -0.15) is 26.3 Å². The standard InChI is InChI=1S/C14H13F6NO2/c1-8(22)7-21-12(23)3-2-9-4-10(13(15,16)17)6-11(5-9)14(18,19)20/h2-6,8,22H,7H2,1H3,(H,21,23)/b3-2+. The number of aliphatic hydroxyl groups excluding tert-OH is 1. The van der Waals surface area contributed by atoms with E-state index in [4.69, 9.17) is 5.11 Å². The number of hydrogen-bond acceptors (Lipinski definition) is 2. The zero-order valence-corrected chi connectivity index (χ0v) is 11.8. The summed E-state index contributed by atoms with van der Waals surface area (Å²) in [6.45, 7) is 1.30. The number of amides is 1. The molecule has 1 rings (SSSR count). The zero-order chi connectivity index (χ0) is 17.8. The Balaban J connectivity index is 3.08. The Labute approximate surface area is 127 Å². The first-order valence-electron chi connectivity index (χ1n) is 6.33. The van der Waals surface area contributed by atoms with Gasteiger partial charge in [-0.05, 0) is 36.8 Å². The summed E-state index contributed by atoms with van der Waals surface area (Å²) in [6, 6.07) is 1.02. The largest absolute Gasteiger partial charge is 0.416 e. The summed E-state index contributed by atoms with van der Waals surface area (Å²) in [5.74, 6) is -0.753. The smallest absolute Gasteiger partial charge is 0.392 e. The van der Waals surface area contributed by atoms with E-state index < -0.39 is 41.1 Å². The van der Waals surface area contributed by atoms with Gasteiger partial charge in [0.05, 0.1) is 17.2 Å². The van der Waals surface area contributed by atoms with Crippen molar-refractivity contribution in [2.45, 2.75) is 25.4 Å². The van der Waals surface area contributed by atoms with Gasteiger partial charge < -0.3 is 10.4 Å². The normalized spacial score (nSPS) is 14.1. The van der Waals surface area contributed by atoms with Gasteiger partial charge in [0.2, 0.25) is 5.91 Å². The second kappa shape index (κ2) is 7.03. The molecule has 0 bridgehead atoms. The highest BCUT2D eigenvalue weighted by Crippen LogP contribution is 2.36. The molecule has 0 fully saturated rings. The number of benzene rings is 1. The van der Waals surface area contributed by atoms with Crippen molar-refractivity contribution < 1.29 is 36.2 Å². The summed E-state index contributed by atoms with van der Waals surface area (Å²) in [7, 11) is 0. The van der Waals surface area contributed by atoms with Crippen molar-refractivity contribution >= 4 is 12.0 Å². The molecule has 9 heteroatoms. The van der Waals surface area contributed by atoms with Crippen molar-refractivity contribution in [3.63, 3.8) is 0 Å². The molecule has 0 radical (unpaired) electrons. The molecule has 1 amide bonds. The van der Waals surface area contributed by atoms with E-state index in [-0.39, 0.29) is 12.6 Å². The molecule has 0 aliphatic carbocycles. The molecule has 2 N–H and O–H groups in total. The molecule has 23 heavy (non-hydrogen) atoms. The topological polar surface area (TPSA) is 49.3 Å². The van der Waals surface area contributed by atoms with E-state index in [2.05, 4.69) is 5.32 Å². The molecule has 1 atom stereocenters. The molecule has 0 aliphatic heterocycles. The van der Waals surface area contributed by atoms with E-state index in [0.29, 0.717) is 12.1 Å². The average Bonchev–Trinajstić information content (AvgIpc) is 2.40. The van der Waals surface area contributed by atoms with E-state index in [1.165, 1.54) is 6.92 Å². The molecular formula is C14H13F6NO2. The van der Waals surface area contributed by atoms with Crippen LogP contribution < -0.4 is 5.32 Å². The van der Waals surface area contributed by atoms with Crippen LogP contribution in [0, 0.1) is 0 Å². The Kier molecular flexibility index (Phi) is 5.81. The van der Waals surface area contributed by atoms with Gasteiger partial charge in [-0.3, -0.25) is 4.79 Å². The number of halogens is 6. The van der Waals surface area contributed by atoms with Gasteiger partial charge in [0.15, 0.2) is 0 Å². The first-order valence-corrected chi connectivity index (χ1v) is 6.33. The average molecular weight is 341 g/mol. The van der Waals surface area contributed by atoms with Crippen LogP contribution in [0.2, 0.25) is 0 Å². The molecule has 0 heterocycles. The molecular weight excluding hydrogens is 328 g/mol. The second-order valence-electron chi connectivity index (χ2n) is 4.77. The van der Waals surface area contributed by atoms with Gasteiger partial charge in [0.1, 0.15) is 0 Å². The fraction of sp³-hybridized carbons (Fsp3) is 0.357. The van der Waals surface area contributed by atoms with Crippen LogP contribution in [0.1, 0.15) is 23.6 Å². The van der Waals surface area contributed by atoms with Crippen LogP contribution in [-0.4, -0.2) is 23.7 Å². The molecule has 0 saturated carbocycles. The van der Waals surface area contributed by atoms with Crippen LogP contribution in [-0.2, 0) is 17.1 Å². The predicted octanol–water partition coefficient (Wildman–Crippen LogP) is 3.23. The van der Waals surface area contributed by atoms with Gasteiger partial charge in [-0.15, -0.1) is 0 Å². The zero-order valence-electron chi connectivity index (χ0n) is 11.8. The maximum absolute atomic E-state index is 12.6. The third kappa shape index (κ3) is 6.31. The molecule has 0 aliphatic rings. The molecule has 3 nitrogen and oxygen atoms in total. The van der Waals surface area contributed by atoms with Crippen molar-refractivity contribution in [1.29, 1.82) is 0 Å². The van der Waals surface area contributed by atoms with E-state index >= 15 is 0 Å². The maximum atomic E-state index is 12.6. The highest BCUT2D eigenvalue weighted by Gasteiger charge is 2.36. The van der Waals surface area contributed by atoms with Crippen LogP contribution in [0.5, 0.6) is 0 Å². The molecule has 1 aromatic carbocycles. The van der Waals surface area contributed by atoms with E-state index in [9.17, 15) is 31.1 Å². The minimum atomic E-state index is -4.95. The lowest BCUT2D eigenvalue weighted by Crippen LogP contribution is -2.28. The first kappa shape index (κ1) is 19.0. The number of nitrogens with one attached hydrogen (secondary N) is 1. The van der Waals surface area contributed by atoms with Crippen LogP contribution in [0.3, 0.4) is 0 Å². The van der Waals surface area contributed by atoms with E-state index in [1.807, 2.05) is 0 Å². The Hall–Kier alpha value is -2.03. The van der Waals surface area contributed by atoms with Gasteiger partial charge in [-0.25, -0.2) is 0 Å². The number of carbonyl (C=O) groups is 1. The SMILES string of the molecule is CC(O)CNC(=O)/C=C/c1cc(C(F)(F)F)cc(C(F)(F)F)c1. The molecule has 1 unspecified atom stereocenters. The second-order valence-corrected chi connectivity index (χ2v) is 4.77. The van der Waals surface area contributed by atoms with Gasteiger partial charge in [-0.1, -0.05) is 0 Å². The summed E-state index contributed by atoms with van der Waals surface area (Å²) in [6.07, 6.45) is -9.10. The Morgan fingerprint density at radius 2 is 1.61 bits per heavy atom. The highest BCUT2D eigenvalue weighted by molar-refractivity contribution is 5.91. The summed E-state index contributed by atoms with van der Waals surface area (Å²) >= 11 is 0. The fourth-order valence-electron chi connectivity index (χ4n) is 1.55. The highest BCUT2D eigenvalue weighted by atomic mass is 19.4. The van der Waals surface area contributed by atoms with E-state index in [0.717, 1.165) is 12.2 Å². The summed E-state index contributed by atoms with van der Waals surface area (Å²) in [5.41, 5.74) is -3.34. The lowest BCUT2D eigenvalue weighted by Gasteiger charge is -2.12. The number of rotatable bonds is 4. The molecule has 0 aromatic heterocycles. The van der Waals surface area contributed by atoms with Crippen LogP contribution >= 0.6 is 0 Å². The minimum Gasteiger partial charge on any atom is -0.392 e. The third-order valence-corrected chi connectivity index (χ3v) is 2.61. The number of aliphatic hydroxyl groups is 1. The Morgan fingerprint density at radius 1 is 1.13 bits per heavy atom. The van der Waals surface area contributed by atoms with Gasteiger partial charge in [0.25, 0.3) is 0 Å². The Bertz CT molecular complexity index is 558. The lowest BCUT2D eigenvalue weighted by molar-refractivity contribution is -0.143. The number of alkyl halides is 6. The summed E-state index contributed by atoms with van der Waals surface area (Å²) < 4.78 is 75.9. The molecule has 128 valence electrons. The summed E-state index contributed by atoms with van der Waals surface area (Å²) in [5, 5.41) is 11.2. The van der Waals surface area contributed by atoms with Crippen molar-refractivity contribution in [1.82, 2.24) is 5.32 Å². The monoisotopic (exact) mass is 341 g/mol. The molecule has 0 saturated heterocycles. The fourth-order valence-corrected chi connectivity index (χ4v) is 1.55. The van der Waals surface area contributed by atoms with E-state index in [1.54, 1.807) is 0 Å². The van der Waals surface area contributed by atoms with Crippen molar-refractivity contribution in [2.75, 3.05) is 6.54 Å². The molecule has 0 spiro atoms. The minimum absolute atomic E-state index is 0.00481. The van der Waals surface area contributed by atoms with Crippen molar-refractivity contribution in [3.05, 3.63) is 41.0 Å². The van der Waals surface area contributed by atoms with Crippen LogP contribution in [0.4, 0.5) is 26.3 Å². The number of hydrogen-bond donors (Lipinski definition) is 2. The van der Waals surface area contributed by atoms with Crippen molar-refractivity contribution in [2.24, 2.45) is 0 Å². The first-order chi connectivity index (χ1) is 10.4. The quantitative estimate of drug-likeness (QED) is 0.653. The third-order valence-electron chi connectivity index (χ3n) is 2.61. The number of carbonyl (C=O) groups excluding carboxylic acids is 1. The summed E-state index contributed by atoms with van der Waals surface area (Å²) in [4.78, 5) is 11.3. The maximum Gasteiger partial charge on any atom is 0.416 e. The van der Waals surface area contributed by atoms with Crippen molar-refractivity contribution in [3.8, 4) is 0 Å². The predicted molar refractivity (Wildman–Crippen MR) is 70.2 cm³/mol. The van der Waals surface area contributed by atoms with Crippen LogP contribution in [0.25, 0.3) is 6.08 Å². The lowest BCUT2D eigenvalue weighted by atomic mass is 10.0. The molecule has 1 aromatic rings. The van der Waals surface area contributed by atoms with Gasteiger partial charge in [0, 0.05) is 12.6 Å². The van der Waals surface area contributed by atoms with Gasteiger partial charge >= 0.3 is 12.4 Å². The van der Waals surface area contributed by atoms with Crippen LogP contribution in [0.15, 0.2) is 24.3 Å². The Morgan fingerprint density at radius 3 is 2.00 bits per heavy atom.